The van der Waals surface area contributed by atoms with Crippen LogP contribution in [0.4, 0.5) is 0 Å². The van der Waals surface area contributed by atoms with E-state index < -0.39 is 0 Å². The summed E-state index contributed by atoms with van der Waals surface area (Å²) in [5.41, 5.74) is 6.42. The molecular formula is C14H27N. The Labute approximate surface area is 94.8 Å². The van der Waals surface area contributed by atoms with Crippen LogP contribution in [-0.4, -0.2) is 6.04 Å². The zero-order valence-corrected chi connectivity index (χ0v) is 10.4. The Bertz CT molecular complexity index is 198. The number of rotatable bonds is 5. The van der Waals surface area contributed by atoms with Gasteiger partial charge >= 0.3 is 0 Å². The number of hydrogen-bond acceptors (Lipinski definition) is 1. The SMILES string of the molecule is CCC(CC)CC(N)C1CC2CCC1C2. The van der Waals surface area contributed by atoms with Crippen LogP contribution in [0.15, 0.2) is 0 Å². The molecule has 0 saturated heterocycles. The standard InChI is InChI=1S/C14H27N/c1-3-10(4-2)9-14(15)13-8-11-5-6-12(13)7-11/h10-14H,3-9,15H2,1-2H3. The maximum Gasteiger partial charge on any atom is 0.00725 e. The Morgan fingerprint density at radius 2 is 1.87 bits per heavy atom. The van der Waals surface area contributed by atoms with Gasteiger partial charge in [0.1, 0.15) is 0 Å². The lowest BCUT2D eigenvalue weighted by atomic mass is 9.79. The molecule has 0 radical (unpaired) electrons. The highest BCUT2D eigenvalue weighted by Gasteiger charge is 2.42. The number of hydrogen-bond donors (Lipinski definition) is 1. The number of nitrogens with two attached hydrogens (primary N) is 1. The molecule has 4 atom stereocenters. The third-order valence-corrected chi connectivity index (χ3v) is 5.10. The van der Waals surface area contributed by atoms with Crippen LogP contribution >= 0.6 is 0 Å². The summed E-state index contributed by atoms with van der Waals surface area (Å²) in [6, 6.07) is 0.505. The predicted molar refractivity (Wildman–Crippen MR) is 65.6 cm³/mol. The van der Waals surface area contributed by atoms with E-state index in [-0.39, 0.29) is 0 Å². The van der Waals surface area contributed by atoms with Crippen molar-refractivity contribution in [3.8, 4) is 0 Å². The van der Waals surface area contributed by atoms with Gasteiger partial charge in [-0.2, -0.15) is 0 Å². The summed E-state index contributed by atoms with van der Waals surface area (Å²) in [7, 11) is 0. The van der Waals surface area contributed by atoms with Crippen molar-refractivity contribution < 1.29 is 0 Å². The molecule has 15 heavy (non-hydrogen) atoms. The van der Waals surface area contributed by atoms with Crippen molar-refractivity contribution >= 4 is 0 Å². The van der Waals surface area contributed by atoms with Gasteiger partial charge < -0.3 is 5.73 Å². The van der Waals surface area contributed by atoms with Gasteiger partial charge in [0.15, 0.2) is 0 Å². The minimum Gasteiger partial charge on any atom is -0.327 e. The maximum absolute atomic E-state index is 6.42. The van der Waals surface area contributed by atoms with Crippen molar-refractivity contribution in [2.24, 2.45) is 29.4 Å². The van der Waals surface area contributed by atoms with Gasteiger partial charge in [-0.15, -0.1) is 0 Å². The summed E-state index contributed by atoms with van der Waals surface area (Å²) in [6.07, 6.45) is 9.83. The van der Waals surface area contributed by atoms with Crippen LogP contribution in [0.1, 0.15) is 58.8 Å². The predicted octanol–water partition coefficient (Wildman–Crippen LogP) is 3.58. The highest BCUT2D eigenvalue weighted by Crippen LogP contribution is 2.49. The second-order valence-electron chi connectivity index (χ2n) is 5.92. The van der Waals surface area contributed by atoms with Crippen molar-refractivity contribution in [3.05, 3.63) is 0 Å². The van der Waals surface area contributed by atoms with Crippen molar-refractivity contribution in [2.75, 3.05) is 0 Å². The molecule has 2 aliphatic carbocycles. The molecular weight excluding hydrogens is 182 g/mol. The van der Waals surface area contributed by atoms with Crippen LogP contribution in [0, 0.1) is 23.7 Å². The topological polar surface area (TPSA) is 26.0 Å². The van der Waals surface area contributed by atoms with Gasteiger partial charge in [-0.25, -0.2) is 0 Å². The fourth-order valence-corrected chi connectivity index (χ4v) is 4.00. The molecule has 0 spiro atoms. The average molecular weight is 209 g/mol. The summed E-state index contributed by atoms with van der Waals surface area (Å²) in [6.45, 7) is 4.61. The lowest BCUT2D eigenvalue weighted by Crippen LogP contribution is -2.35. The molecule has 1 heteroatoms. The van der Waals surface area contributed by atoms with E-state index in [0.29, 0.717) is 6.04 Å². The Kier molecular flexibility index (Phi) is 3.71. The van der Waals surface area contributed by atoms with Crippen molar-refractivity contribution in [3.63, 3.8) is 0 Å². The summed E-state index contributed by atoms with van der Waals surface area (Å²) in [5.74, 6) is 3.80. The molecule has 2 bridgehead atoms. The molecule has 0 aromatic rings. The summed E-state index contributed by atoms with van der Waals surface area (Å²) in [5, 5.41) is 0. The summed E-state index contributed by atoms with van der Waals surface area (Å²) in [4.78, 5) is 0. The third kappa shape index (κ3) is 2.38. The largest absolute Gasteiger partial charge is 0.327 e. The number of fused-ring (bicyclic) bond motifs is 2. The first-order valence-electron chi connectivity index (χ1n) is 7.00. The molecule has 2 saturated carbocycles. The Balaban J connectivity index is 1.83. The monoisotopic (exact) mass is 209 g/mol. The van der Waals surface area contributed by atoms with E-state index in [2.05, 4.69) is 13.8 Å². The summed E-state index contributed by atoms with van der Waals surface area (Å²) < 4.78 is 0. The normalized spacial score (nSPS) is 36.4. The zero-order chi connectivity index (χ0) is 10.8. The van der Waals surface area contributed by atoms with Gasteiger partial charge in [0.05, 0.1) is 0 Å². The van der Waals surface area contributed by atoms with Crippen LogP contribution in [0.5, 0.6) is 0 Å². The van der Waals surface area contributed by atoms with E-state index in [1.807, 2.05) is 0 Å². The van der Waals surface area contributed by atoms with Crippen LogP contribution < -0.4 is 5.73 Å². The fraction of sp³-hybridized carbons (Fsp3) is 1.00. The fourth-order valence-electron chi connectivity index (χ4n) is 4.00. The second kappa shape index (κ2) is 4.86. The molecule has 0 aromatic heterocycles. The zero-order valence-electron chi connectivity index (χ0n) is 10.4. The average Bonchev–Trinajstić information content (AvgIpc) is 2.87. The van der Waals surface area contributed by atoms with E-state index in [0.717, 1.165) is 23.7 Å². The Hall–Kier alpha value is -0.0400. The molecule has 0 amide bonds. The van der Waals surface area contributed by atoms with Gasteiger partial charge in [0.2, 0.25) is 0 Å². The minimum absolute atomic E-state index is 0.505. The molecule has 88 valence electrons. The smallest absolute Gasteiger partial charge is 0.00725 e. The second-order valence-corrected chi connectivity index (χ2v) is 5.92. The molecule has 0 aliphatic heterocycles. The third-order valence-electron chi connectivity index (χ3n) is 5.10. The Morgan fingerprint density at radius 1 is 1.13 bits per heavy atom. The van der Waals surface area contributed by atoms with Crippen molar-refractivity contribution in [1.82, 2.24) is 0 Å². The van der Waals surface area contributed by atoms with E-state index in [4.69, 9.17) is 5.73 Å². The van der Waals surface area contributed by atoms with Crippen molar-refractivity contribution in [2.45, 2.75) is 64.8 Å². The quantitative estimate of drug-likeness (QED) is 0.736. The first kappa shape index (κ1) is 11.4. The van der Waals surface area contributed by atoms with Crippen LogP contribution in [0.25, 0.3) is 0 Å². The molecule has 2 aliphatic rings. The van der Waals surface area contributed by atoms with E-state index in [1.54, 1.807) is 0 Å². The maximum atomic E-state index is 6.42. The lowest BCUT2D eigenvalue weighted by Gasteiger charge is -2.30. The van der Waals surface area contributed by atoms with Gasteiger partial charge in [0, 0.05) is 6.04 Å². The van der Waals surface area contributed by atoms with Gasteiger partial charge in [0.25, 0.3) is 0 Å². The molecule has 1 nitrogen and oxygen atoms in total. The molecule has 2 fully saturated rings. The van der Waals surface area contributed by atoms with E-state index >= 15 is 0 Å². The van der Waals surface area contributed by atoms with Crippen LogP contribution in [0.3, 0.4) is 0 Å². The summed E-state index contributed by atoms with van der Waals surface area (Å²) >= 11 is 0. The molecule has 2 N–H and O–H groups in total. The van der Waals surface area contributed by atoms with Crippen molar-refractivity contribution in [1.29, 1.82) is 0 Å². The highest BCUT2D eigenvalue weighted by atomic mass is 14.7. The van der Waals surface area contributed by atoms with Gasteiger partial charge in [-0.3, -0.25) is 0 Å². The van der Waals surface area contributed by atoms with E-state index in [9.17, 15) is 0 Å². The first-order chi connectivity index (χ1) is 7.24. The molecule has 0 heterocycles. The van der Waals surface area contributed by atoms with Crippen LogP contribution in [-0.2, 0) is 0 Å². The first-order valence-corrected chi connectivity index (χ1v) is 7.00. The minimum atomic E-state index is 0.505. The van der Waals surface area contributed by atoms with Crippen LogP contribution in [0.2, 0.25) is 0 Å². The molecule has 2 rings (SSSR count). The van der Waals surface area contributed by atoms with E-state index in [1.165, 1.54) is 44.9 Å². The lowest BCUT2D eigenvalue weighted by molar-refractivity contribution is 0.245. The highest BCUT2D eigenvalue weighted by molar-refractivity contribution is 4.94. The Morgan fingerprint density at radius 3 is 2.33 bits per heavy atom. The van der Waals surface area contributed by atoms with Gasteiger partial charge in [-0.05, 0) is 49.4 Å². The molecule has 4 unspecified atom stereocenters. The van der Waals surface area contributed by atoms with Gasteiger partial charge in [-0.1, -0.05) is 33.1 Å². The molecule has 0 aromatic carbocycles.